The molecule has 5 atom stereocenters. The van der Waals surface area contributed by atoms with Gasteiger partial charge in [0.1, 0.15) is 29.5 Å². The predicted octanol–water partition coefficient (Wildman–Crippen LogP) is 4.02. The summed E-state index contributed by atoms with van der Waals surface area (Å²) in [5.41, 5.74) is 0.885. The van der Waals surface area contributed by atoms with Crippen LogP contribution < -0.4 is 26.0 Å². The number of aryl methyl sites for hydroxylation is 2. The van der Waals surface area contributed by atoms with E-state index >= 15 is 0 Å². The number of alkyl carbamates (subject to hydrolysis) is 1. The van der Waals surface area contributed by atoms with E-state index in [0.29, 0.717) is 24.3 Å². The molecule has 4 rings (SSSR count). The fourth-order valence-corrected chi connectivity index (χ4v) is 7.65. The van der Waals surface area contributed by atoms with Crippen molar-refractivity contribution in [2.24, 2.45) is 10.6 Å². The number of carbonyl (C=O) groups is 7. The van der Waals surface area contributed by atoms with Crippen molar-refractivity contribution in [1.29, 1.82) is 0 Å². The molecule has 2 aliphatic heterocycles. The Kier molecular flexibility index (Phi) is 16.1. The van der Waals surface area contributed by atoms with Crippen LogP contribution in [0, 0.1) is 19.3 Å². The number of nitrogens with one attached hydrogen (secondary N) is 4. The van der Waals surface area contributed by atoms with E-state index < -0.39 is 88.7 Å². The van der Waals surface area contributed by atoms with E-state index in [4.69, 9.17) is 14.3 Å². The smallest absolute Gasteiger partial charge is 0.408 e. The number of amides is 6. The summed E-state index contributed by atoms with van der Waals surface area (Å²) >= 11 is 0. The van der Waals surface area contributed by atoms with Gasteiger partial charge < -0.3 is 45.4 Å². The number of ether oxygens (including phenoxy) is 2. The minimum absolute atomic E-state index is 0.0243. The summed E-state index contributed by atoms with van der Waals surface area (Å²) in [5, 5.41) is 14.8. The number of hydrogen-bond acceptors (Lipinski definition) is 11. The maximum absolute atomic E-state index is 14.7. The Morgan fingerprint density at radius 2 is 1.57 bits per heavy atom. The average molecular weight is 876 g/mol. The second-order valence-electron chi connectivity index (χ2n) is 18.5. The lowest BCUT2D eigenvalue weighted by molar-refractivity contribution is -0.144. The zero-order valence-corrected chi connectivity index (χ0v) is 38.7. The molecule has 2 aromatic rings. The number of benzene rings is 2. The van der Waals surface area contributed by atoms with E-state index in [-0.39, 0.29) is 25.8 Å². The van der Waals surface area contributed by atoms with Crippen LogP contribution in [0.4, 0.5) is 4.79 Å². The summed E-state index contributed by atoms with van der Waals surface area (Å²) in [5.74, 6) is -3.77. The molecule has 344 valence electrons. The van der Waals surface area contributed by atoms with Gasteiger partial charge in [-0.05, 0) is 82.2 Å². The van der Waals surface area contributed by atoms with Crippen LogP contribution in [0.15, 0.2) is 47.6 Å². The average Bonchev–Trinajstić information content (AvgIpc) is 3.80. The van der Waals surface area contributed by atoms with Gasteiger partial charge in [-0.2, -0.15) is 0 Å². The third-order valence-corrected chi connectivity index (χ3v) is 10.7. The number of carbonyl (C=O) groups excluding carboxylic acids is 7. The first-order valence-electron chi connectivity index (χ1n) is 21.4. The Bertz CT molecular complexity index is 2050. The van der Waals surface area contributed by atoms with Gasteiger partial charge in [0.25, 0.3) is 5.91 Å². The first-order chi connectivity index (χ1) is 29.4. The second kappa shape index (κ2) is 20.5. The van der Waals surface area contributed by atoms with Crippen LogP contribution in [0.1, 0.15) is 109 Å². The summed E-state index contributed by atoms with van der Waals surface area (Å²) in [7, 11) is 3.10. The van der Waals surface area contributed by atoms with E-state index in [1.807, 2.05) is 32.9 Å². The summed E-state index contributed by atoms with van der Waals surface area (Å²) in [4.78, 5) is 104. The van der Waals surface area contributed by atoms with E-state index in [0.717, 1.165) is 22.4 Å². The number of nitrogens with zero attached hydrogens (tertiary/aromatic N) is 3. The number of Topliss-reactive ketones (excluding diaryl/α,β-unsaturated/α-hetero) is 1. The highest BCUT2D eigenvalue weighted by Crippen LogP contribution is 2.41. The zero-order valence-electron chi connectivity index (χ0n) is 38.7. The summed E-state index contributed by atoms with van der Waals surface area (Å²) in [6.07, 6.45) is -0.152. The van der Waals surface area contributed by atoms with Crippen LogP contribution >= 0.6 is 0 Å². The molecule has 1 fully saturated rings. The minimum Gasteiger partial charge on any atom is -0.493 e. The molecular formula is C46H65N7O10. The molecular weight excluding hydrogens is 811 g/mol. The van der Waals surface area contributed by atoms with Crippen molar-refractivity contribution in [3.05, 3.63) is 64.7 Å². The molecule has 1 saturated heterocycles. The Morgan fingerprint density at radius 1 is 0.937 bits per heavy atom. The van der Waals surface area contributed by atoms with Gasteiger partial charge in [-0.15, -0.1) is 0 Å². The summed E-state index contributed by atoms with van der Waals surface area (Å²) in [6.45, 7) is 17.8. The highest BCUT2D eigenvalue weighted by molar-refractivity contribution is 6.38. The molecule has 0 saturated carbocycles. The molecule has 0 aliphatic carbocycles. The number of ketones is 1. The van der Waals surface area contributed by atoms with Crippen molar-refractivity contribution >= 4 is 47.1 Å². The first-order valence-corrected chi connectivity index (χ1v) is 21.4. The maximum Gasteiger partial charge on any atom is 0.408 e. The van der Waals surface area contributed by atoms with Gasteiger partial charge in [0.05, 0.1) is 31.4 Å². The Morgan fingerprint density at radius 3 is 2.13 bits per heavy atom. The van der Waals surface area contributed by atoms with Crippen LogP contribution in [0.25, 0.3) is 0 Å². The molecule has 2 aliphatic rings. The lowest BCUT2D eigenvalue weighted by Crippen LogP contribution is -2.59. The summed E-state index contributed by atoms with van der Waals surface area (Å²) in [6, 6.07) is 7.74. The van der Waals surface area contributed by atoms with Crippen molar-refractivity contribution < 1.29 is 47.9 Å². The highest BCUT2D eigenvalue weighted by Gasteiger charge is 2.56. The fraction of sp³-hybridized carbons (Fsp3) is 0.565. The standard InChI is InChI=1S/C46H65N7O10/c1-13-18-31(36(55)40(57)47-25-34(54)49-35(41(58)52(11)12)29-19-16-15-17-20-29)48-39(56)33-24-46(23-32(51-63-46)30-21-27(3)37(61-14-2)28(4)22-30)26-53(33)42(59)38(44(5,6)7)50-43(60)62-45(8,9)10/h15-17,19-22,31,33,35,38H,13-14,18,23-26H2,1-12H3,(H,47,57)(H,48,56)(H,49,54)(H,50,60)/t31-,33-,35-,38+,46+/m0/s1. The minimum atomic E-state index is -1.32. The topological polar surface area (TPSA) is 214 Å². The molecule has 2 heterocycles. The monoisotopic (exact) mass is 875 g/mol. The molecule has 4 N–H and O–H groups in total. The van der Waals surface area contributed by atoms with E-state index in [2.05, 4.69) is 26.4 Å². The van der Waals surface area contributed by atoms with Gasteiger partial charge in [-0.1, -0.05) is 69.6 Å². The number of rotatable bonds is 16. The molecule has 0 aromatic heterocycles. The molecule has 0 unspecified atom stereocenters. The predicted molar refractivity (Wildman–Crippen MR) is 236 cm³/mol. The Labute approximate surface area is 370 Å². The Balaban J connectivity index is 1.58. The first kappa shape index (κ1) is 49.7. The maximum atomic E-state index is 14.7. The number of oxime groups is 1. The molecule has 1 spiro atoms. The molecule has 17 nitrogen and oxygen atoms in total. The summed E-state index contributed by atoms with van der Waals surface area (Å²) < 4.78 is 11.3. The van der Waals surface area contributed by atoms with Gasteiger partial charge >= 0.3 is 6.09 Å². The third kappa shape index (κ3) is 12.8. The largest absolute Gasteiger partial charge is 0.493 e. The van der Waals surface area contributed by atoms with Crippen molar-refractivity contribution in [1.82, 2.24) is 31.1 Å². The van der Waals surface area contributed by atoms with Gasteiger partial charge in [-0.25, -0.2) is 4.79 Å². The van der Waals surface area contributed by atoms with Crippen molar-refractivity contribution in [3.8, 4) is 5.75 Å². The van der Waals surface area contributed by atoms with Crippen LogP contribution in [-0.4, -0.2) is 120 Å². The molecule has 6 amide bonds. The number of hydrogen-bond donors (Lipinski definition) is 4. The number of likely N-dealkylation sites (tertiary alicyclic amines) is 1. The van der Waals surface area contributed by atoms with Crippen molar-refractivity contribution in [2.75, 3.05) is 33.8 Å². The molecule has 0 bridgehead atoms. The fourth-order valence-electron chi connectivity index (χ4n) is 7.65. The van der Waals surface area contributed by atoms with E-state index in [1.54, 1.807) is 92.9 Å². The van der Waals surface area contributed by atoms with Crippen LogP contribution in [0.2, 0.25) is 0 Å². The van der Waals surface area contributed by atoms with E-state index in [1.165, 1.54) is 9.80 Å². The lowest BCUT2D eigenvalue weighted by Gasteiger charge is -2.36. The lowest BCUT2D eigenvalue weighted by atomic mass is 9.85. The quantitative estimate of drug-likeness (QED) is 0.178. The number of likely N-dealkylation sites (N-methyl/N-ethyl adjacent to an activating group) is 1. The Hall–Kier alpha value is -6.00. The van der Waals surface area contributed by atoms with Crippen LogP contribution in [0.5, 0.6) is 5.75 Å². The van der Waals surface area contributed by atoms with Gasteiger partial charge in [0, 0.05) is 32.5 Å². The normalized spacial score (nSPS) is 18.6. The van der Waals surface area contributed by atoms with Gasteiger partial charge in [0.2, 0.25) is 29.4 Å². The van der Waals surface area contributed by atoms with Crippen LogP contribution in [-0.2, 0) is 38.3 Å². The van der Waals surface area contributed by atoms with E-state index in [9.17, 15) is 33.6 Å². The molecule has 0 radical (unpaired) electrons. The van der Waals surface area contributed by atoms with Gasteiger partial charge in [-0.3, -0.25) is 28.8 Å². The second-order valence-corrected chi connectivity index (χ2v) is 18.5. The SMILES string of the molecule is CCC[C@H](NC(=O)[C@@H]1C[C@]2(CC(c3cc(C)c(OCC)c(C)c3)=NO2)CN1C(=O)[C@@H](NC(=O)OC(C)(C)C)C(C)(C)C)C(=O)C(=O)NCC(=O)N[C@H](C(=O)N(C)C)c1ccccc1. The highest BCUT2D eigenvalue weighted by atomic mass is 16.7. The van der Waals surface area contributed by atoms with Crippen molar-refractivity contribution in [3.63, 3.8) is 0 Å². The zero-order chi connectivity index (χ0) is 47.0. The molecule has 63 heavy (non-hydrogen) atoms. The molecule has 2 aromatic carbocycles. The van der Waals surface area contributed by atoms with Gasteiger partial charge in [0.15, 0.2) is 5.60 Å². The molecule has 17 heteroatoms. The van der Waals surface area contributed by atoms with Crippen LogP contribution in [0.3, 0.4) is 0 Å². The third-order valence-electron chi connectivity index (χ3n) is 10.7. The van der Waals surface area contributed by atoms with Crippen molar-refractivity contribution in [2.45, 2.75) is 130 Å².